The van der Waals surface area contributed by atoms with Gasteiger partial charge in [-0.3, -0.25) is 9.59 Å². The molecule has 116 valence electrons. The lowest BCUT2D eigenvalue weighted by molar-refractivity contribution is -0.125. The number of hydrogen-bond donors (Lipinski definition) is 2. The summed E-state index contributed by atoms with van der Waals surface area (Å²) in [6.45, 7) is 6.39. The molecular weight excluding hydrogens is 288 g/mol. The van der Waals surface area contributed by atoms with Crippen LogP contribution in [0, 0.1) is 5.92 Å². The van der Waals surface area contributed by atoms with Gasteiger partial charge in [0.05, 0.1) is 0 Å². The Labute approximate surface area is 131 Å². The molecule has 21 heavy (non-hydrogen) atoms. The fourth-order valence-corrected chi connectivity index (χ4v) is 2.42. The molecule has 0 saturated heterocycles. The quantitative estimate of drug-likeness (QED) is 0.812. The Bertz CT molecular complexity index is 515. The van der Waals surface area contributed by atoms with E-state index in [1.807, 2.05) is 18.2 Å². The first-order valence-corrected chi connectivity index (χ1v) is 7.53. The highest BCUT2D eigenvalue weighted by atomic mass is 35.5. The van der Waals surface area contributed by atoms with E-state index in [9.17, 15) is 9.59 Å². The summed E-state index contributed by atoms with van der Waals surface area (Å²) in [5.41, 5.74) is 7.13. The monoisotopic (exact) mass is 310 g/mol. The van der Waals surface area contributed by atoms with Gasteiger partial charge in [0, 0.05) is 23.9 Å². The first-order valence-electron chi connectivity index (χ1n) is 7.15. The Balaban J connectivity index is 2.53. The summed E-state index contributed by atoms with van der Waals surface area (Å²) in [4.78, 5) is 22.6. The van der Waals surface area contributed by atoms with Gasteiger partial charge in [-0.15, -0.1) is 0 Å². The van der Waals surface area contributed by atoms with Crippen LogP contribution in [-0.2, 0) is 16.1 Å². The van der Waals surface area contributed by atoms with Gasteiger partial charge in [-0.25, -0.2) is 0 Å². The van der Waals surface area contributed by atoms with Gasteiger partial charge in [-0.2, -0.15) is 0 Å². The van der Waals surface area contributed by atoms with Crippen LogP contribution < -0.4 is 11.1 Å². The molecule has 1 rings (SSSR count). The van der Waals surface area contributed by atoms with Gasteiger partial charge in [0.25, 0.3) is 0 Å². The zero-order valence-electron chi connectivity index (χ0n) is 12.8. The van der Waals surface area contributed by atoms with E-state index < -0.39 is 0 Å². The number of carbonyl (C=O) groups excluding carboxylic acids is 2. The maximum absolute atomic E-state index is 11.9. The molecule has 0 fully saturated rings. The van der Waals surface area contributed by atoms with Crippen molar-refractivity contribution in [1.29, 1.82) is 0 Å². The summed E-state index contributed by atoms with van der Waals surface area (Å²) in [5, 5.41) is 3.57. The second kappa shape index (κ2) is 8.03. The van der Waals surface area contributed by atoms with Gasteiger partial charge < -0.3 is 11.1 Å². The van der Waals surface area contributed by atoms with E-state index in [4.69, 9.17) is 17.3 Å². The lowest BCUT2D eigenvalue weighted by atomic mass is 10.0. The first-order chi connectivity index (χ1) is 9.81. The zero-order chi connectivity index (χ0) is 16.0. The first kappa shape index (κ1) is 17.5. The Morgan fingerprint density at radius 3 is 2.48 bits per heavy atom. The van der Waals surface area contributed by atoms with E-state index in [-0.39, 0.29) is 24.2 Å². The molecule has 5 heteroatoms. The van der Waals surface area contributed by atoms with Crippen molar-refractivity contribution in [3.8, 4) is 0 Å². The molecule has 1 aromatic carbocycles. The second-order valence-electron chi connectivity index (χ2n) is 5.63. The molecule has 0 aliphatic rings. The SMILES string of the molecule is CC(C)c1ccc(CNC(=O)[C@@H](C)CCC(N)=O)cc1Cl. The van der Waals surface area contributed by atoms with Gasteiger partial charge in [-0.1, -0.05) is 44.5 Å². The normalized spacial score (nSPS) is 12.2. The molecule has 1 atom stereocenters. The summed E-state index contributed by atoms with van der Waals surface area (Å²) in [5.74, 6) is -0.330. The van der Waals surface area contributed by atoms with Crippen LogP contribution in [0.4, 0.5) is 0 Å². The highest BCUT2D eigenvalue weighted by Crippen LogP contribution is 2.25. The summed E-state index contributed by atoms with van der Waals surface area (Å²) in [6.07, 6.45) is 0.692. The molecule has 1 aromatic rings. The molecule has 0 bridgehead atoms. The van der Waals surface area contributed by atoms with Gasteiger partial charge in [0.2, 0.25) is 11.8 Å². The number of rotatable bonds is 7. The van der Waals surface area contributed by atoms with Crippen molar-refractivity contribution in [3.05, 3.63) is 34.3 Å². The van der Waals surface area contributed by atoms with Crippen LogP contribution in [-0.4, -0.2) is 11.8 Å². The van der Waals surface area contributed by atoms with Crippen LogP contribution >= 0.6 is 11.6 Å². The minimum atomic E-state index is -0.384. The summed E-state index contributed by atoms with van der Waals surface area (Å²) in [7, 11) is 0. The third-order valence-corrected chi connectivity index (χ3v) is 3.75. The molecule has 0 unspecified atom stereocenters. The number of halogens is 1. The smallest absolute Gasteiger partial charge is 0.223 e. The maximum atomic E-state index is 11.9. The standard InChI is InChI=1S/C16H23ClN2O2/c1-10(2)13-6-5-12(8-14(13)17)9-19-16(21)11(3)4-7-15(18)20/h5-6,8,10-11H,4,7,9H2,1-3H3,(H2,18,20)(H,19,21)/t11-/m0/s1. The van der Waals surface area contributed by atoms with Crippen LogP contribution in [0.1, 0.15) is 50.7 Å². The maximum Gasteiger partial charge on any atom is 0.223 e. The number of amides is 2. The van der Waals surface area contributed by atoms with Gasteiger partial charge >= 0.3 is 0 Å². The summed E-state index contributed by atoms with van der Waals surface area (Å²) >= 11 is 6.22. The zero-order valence-corrected chi connectivity index (χ0v) is 13.5. The molecule has 2 amide bonds. The third-order valence-electron chi connectivity index (χ3n) is 3.42. The number of primary amides is 1. The van der Waals surface area contributed by atoms with E-state index in [0.717, 1.165) is 16.1 Å². The van der Waals surface area contributed by atoms with E-state index in [1.54, 1.807) is 6.92 Å². The number of carbonyl (C=O) groups is 2. The molecule has 0 radical (unpaired) electrons. The molecule has 0 aromatic heterocycles. The Morgan fingerprint density at radius 1 is 1.29 bits per heavy atom. The molecule has 0 spiro atoms. The van der Waals surface area contributed by atoms with Crippen molar-refractivity contribution in [1.82, 2.24) is 5.32 Å². The van der Waals surface area contributed by atoms with Crippen molar-refractivity contribution in [2.24, 2.45) is 11.7 Å². The highest BCUT2D eigenvalue weighted by molar-refractivity contribution is 6.31. The number of hydrogen-bond acceptors (Lipinski definition) is 2. The van der Waals surface area contributed by atoms with Crippen LogP contribution in [0.3, 0.4) is 0 Å². The number of nitrogens with one attached hydrogen (secondary N) is 1. The third kappa shape index (κ3) is 5.76. The second-order valence-corrected chi connectivity index (χ2v) is 6.04. The highest BCUT2D eigenvalue weighted by Gasteiger charge is 2.13. The van der Waals surface area contributed by atoms with E-state index in [1.165, 1.54) is 0 Å². The number of nitrogens with two attached hydrogens (primary N) is 1. The summed E-state index contributed by atoms with van der Waals surface area (Å²) in [6, 6.07) is 5.84. The van der Waals surface area contributed by atoms with Crippen LogP contribution in [0.25, 0.3) is 0 Å². The molecule has 0 saturated carbocycles. The van der Waals surface area contributed by atoms with Crippen molar-refractivity contribution >= 4 is 23.4 Å². The molecule has 0 aliphatic heterocycles. The average Bonchev–Trinajstić information content (AvgIpc) is 2.41. The Hall–Kier alpha value is -1.55. The van der Waals surface area contributed by atoms with Gasteiger partial charge in [0.1, 0.15) is 0 Å². The molecular formula is C16H23ClN2O2. The van der Waals surface area contributed by atoms with Crippen LogP contribution in [0.2, 0.25) is 5.02 Å². The predicted molar refractivity (Wildman–Crippen MR) is 85.0 cm³/mol. The van der Waals surface area contributed by atoms with Crippen LogP contribution in [0.15, 0.2) is 18.2 Å². The van der Waals surface area contributed by atoms with E-state index in [2.05, 4.69) is 19.2 Å². The average molecular weight is 311 g/mol. The van der Waals surface area contributed by atoms with Crippen molar-refractivity contribution in [3.63, 3.8) is 0 Å². The summed E-state index contributed by atoms with van der Waals surface area (Å²) < 4.78 is 0. The Morgan fingerprint density at radius 2 is 1.95 bits per heavy atom. The fraction of sp³-hybridized carbons (Fsp3) is 0.500. The largest absolute Gasteiger partial charge is 0.370 e. The minimum Gasteiger partial charge on any atom is -0.370 e. The number of benzene rings is 1. The lowest BCUT2D eigenvalue weighted by Gasteiger charge is -2.13. The molecule has 3 N–H and O–H groups in total. The van der Waals surface area contributed by atoms with Crippen molar-refractivity contribution < 1.29 is 9.59 Å². The topological polar surface area (TPSA) is 72.2 Å². The van der Waals surface area contributed by atoms with E-state index in [0.29, 0.717) is 18.9 Å². The van der Waals surface area contributed by atoms with Gasteiger partial charge in [0.15, 0.2) is 0 Å². The van der Waals surface area contributed by atoms with Crippen molar-refractivity contribution in [2.75, 3.05) is 0 Å². The lowest BCUT2D eigenvalue weighted by Crippen LogP contribution is -2.29. The molecule has 0 aliphatic carbocycles. The van der Waals surface area contributed by atoms with E-state index >= 15 is 0 Å². The molecule has 4 nitrogen and oxygen atoms in total. The molecule has 0 heterocycles. The van der Waals surface area contributed by atoms with Crippen molar-refractivity contribution in [2.45, 2.75) is 46.1 Å². The minimum absolute atomic E-state index is 0.0830. The fourth-order valence-electron chi connectivity index (χ4n) is 2.00. The van der Waals surface area contributed by atoms with Crippen LogP contribution in [0.5, 0.6) is 0 Å². The predicted octanol–water partition coefficient (Wildman–Crippen LogP) is 2.98. The van der Waals surface area contributed by atoms with Gasteiger partial charge in [-0.05, 0) is 29.5 Å². The Kier molecular flexibility index (Phi) is 6.69.